The zero-order valence-corrected chi connectivity index (χ0v) is 14.9. The van der Waals surface area contributed by atoms with Crippen molar-refractivity contribution in [3.05, 3.63) is 52.7 Å². The molecule has 2 aromatic carbocycles. The van der Waals surface area contributed by atoms with Crippen molar-refractivity contribution in [3.63, 3.8) is 0 Å². The number of fused-ring (bicyclic) bond motifs is 1. The Labute approximate surface area is 150 Å². The van der Waals surface area contributed by atoms with E-state index in [2.05, 4.69) is 5.32 Å². The Morgan fingerprint density at radius 1 is 1.24 bits per heavy atom. The van der Waals surface area contributed by atoms with Gasteiger partial charge in [0.1, 0.15) is 17.1 Å². The van der Waals surface area contributed by atoms with Crippen molar-refractivity contribution in [1.29, 1.82) is 0 Å². The molecule has 0 atom stereocenters. The van der Waals surface area contributed by atoms with Crippen molar-refractivity contribution in [2.24, 2.45) is 0 Å². The number of methoxy groups -OCH3 is 1. The van der Waals surface area contributed by atoms with Gasteiger partial charge in [-0.05, 0) is 50.2 Å². The lowest BCUT2D eigenvalue weighted by Crippen LogP contribution is -2.12. The number of amides is 1. The number of carbonyl (C=O) groups is 1. The maximum atomic E-state index is 12.7. The number of ether oxygens (including phenoxy) is 2. The number of anilines is 1. The first-order chi connectivity index (χ1) is 12.0. The van der Waals surface area contributed by atoms with Crippen LogP contribution in [0, 0.1) is 6.92 Å². The number of aryl methyl sites for hydroxylation is 1. The quantitative estimate of drug-likeness (QED) is 0.692. The number of benzene rings is 2. The molecule has 130 valence electrons. The van der Waals surface area contributed by atoms with E-state index in [-0.39, 0.29) is 11.7 Å². The number of nitrogens with one attached hydrogen (secondary N) is 1. The molecule has 0 fully saturated rings. The molecule has 1 amide bonds. The molecule has 3 aromatic rings. The van der Waals surface area contributed by atoms with E-state index >= 15 is 0 Å². The molecule has 0 spiro atoms. The molecule has 0 radical (unpaired) electrons. The Morgan fingerprint density at radius 3 is 2.76 bits per heavy atom. The van der Waals surface area contributed by atoms with Gasteiger partial charge in [0.15, 0.2) is 5.76 Å². The maximum Gasteiger partial charge on any atom is 0.291 e. The predicted molar refractivity (Wildman–Crippen MR) is 98.1 cm³/mol. The van der Waals surface area contributed by atoms with E-state index in [1.165, 1.54) is 7.11 Å². The molecule has 1 N–H and O–H groups in total. The van der Waals surface area contributed by atoms with Crippen molar-refractivity contribution in [2.45, 2.75) is 13.8 Å². The summed E-state index contributed by atoms with van der Waals surface area (Å²) < 4.78 is 16.5. The Morgan fingerprint density at radius 2 is 2.04 bits per heavy atom. The largest absolute Gasteiger partial charge is 0.495 e. The van der Waals surface area contributed by atoms with Crippen LogP contribution < -0.4 is 14.8 Å². The first-order valence-corrected chi connectivity index (χ1v) is 8.22. The average Bonchev–Trinajstić information content (AvgIpc) is 2.92. The first-order valence-electron chi connectivity index (χ1n) is 7.84. The fourth-order valence-electron chi connectivity index (χ4n) is 2.63. The molecule has 5 nitrogen and oxygen atoms in total. The summed E-state index contributed by atoms with van der Waals surface area (Å²) in [5.74, 6) is 1.13. The Kier molecular flexibility index (Phi) is 4.86. The standard InChI is InChI=1S/C19H18ClNO4/c1-4-24-13-6-8-16-14(10-13)11(2)18(25-16)19(22)21-15-9-12(20)5-7-17(15)23-3/h5-10H,4H2,1-3H3,(H,21,22). The molecule has 1 aromatic heterocycles. The summed E-state index contributed by atoms with van der Waals surface area (Å²) >= 11 is 6.00. The van der Waals surface area contributed by atoms with Crippen LogP contribution in [-0.4, -0.2) is 19.6 Å². The smallest absolute Gasteiger partial charge is 0.291 e. The number of hydrogen-bond acceptors (Lipinski definition) is 4. The molecular weight excluding hydrogens is 342 g/mol. The van der Waals surface area contributed by atoms with Crippen LogP contribution in [0.5, 0.6) is 11.5 Å². The lowest BCUT2D eigenvalue weighted by molar-refractivity contribution is 0.0997. The summed E-state index contributed by atoms with van der Waals surface area (Å²) in [6.45, 7) is 4.33. The minimum absolute atomic E-state index is 0.241. The highest BCUT2D eigenvalue weighted by Gasteiger charge is 2.19. The monoisotopic (exact) mass is 359 g/mol. The van der Waals surface area contributed by atoms with Crippen molar-refractivity contribution >= 4 is 34.2 Å². The van der Waals surface area contributed by atoms with Crippen LogP contribution in [0.3, 0.4) is 0 Å². The lowest BCUT2D eigenvalue weighted by Gasteiger charge is -2.09. The van der Waals surface area contributed by atoms with E-state index in [0.717, 1.165) is 16.7 Å². The van der Waals surface area contributed by atoms with Gasteiger partial charge < -0.3 is 19.2 Å². The molecule has 6 heteroatoms. The van der Waals surface area contributed by atoms with Gasteiger partial charge in [-0.15, -0.1) is 0 Å². The van der Waals surface area contributed by atoms with Crippen LogP contribution >= 0.6 is 11.6 Å². The third-order valence-corrected chi connectivity index (χ3v) is 4.07. The van der Waals surface area contributed by atoms with Gasteiger partial charge in [0.05, 0.1) is 19.4 Å². The van der Waals surface area contributed by atoms with Gasteiger partial charge in [-0.1, -0.05) is 11.6 Å². The van der Waals surface area contributed by atoms with E-state index in [4.69, 9.17) is 25.5 Å². The van der Waals surface area contributed by atoms with Crippen molar-refractivity contribution < 1.29 is 18.7 Å². The van der Waals surface area contributed by atoms with E-state index in [9.17, 15) is 4.79 Å². The molecule has 25 heavy (non-hydrogen) atoms. The highest BCUT2D eigenvalue weighted by atomic mass is 35.5. The molecule has 0 aliphatic carbocycles. The number of halogens is 1. The highest BCUT2D eigenvalue weighted by molar-refractivity contribution is 6.31. The molecule has 0 aliphatic rings. The number of hydrogen-bond donors (Lipinski definition) is 1. The minimum atomic E-state index is -0.368. The normalized spacial score (nSPS) is 10.7. The zero-order valence-electron chi connectivity index (χ0n) is 14.2. The van der Waals surface area contributed by atoms with E-state index in [0.29, 0.717) is 28.6 Å². The van der Waals surface area contributed by atoms with Gasteiger partial charge in [0.2, 0.25) is 0 Å². The Bertz CT molecular complexity index is 933. The number of rotatable bonds is 5. The summed E-state index contributed by atoms with van der Waals surface area (Å²) in [4.78, 5) is 12.7. The second kappa shape index (κ2) is 7.07. The molecule has 0 unspecified atom stereocenters. The van der Waals surface area contributed by atoms with Crippen molar-refractivity contribution in [3.8, 4) is 11.5 Å². The van der Waals surface area contributed by atoms with Crippen LogP contribution in [-0.2, 0) is 0 Å². The van der Waals surface area contributed by atoms with Gasteiger partial charge >= 0.3 is 0 Å². The number of furan rings is 1. The fraction of sp³-hybridized carbons (Fsp3) is 0.211. The summed E-state index contributed by atoms with van der Waals surface area (Å²) in [7, 11) is 1.53. The fourth-order valence-corrected chi connectivity index (χ4v) is 2.80. The van der Waals surface area contributed by atoms with E-state index < -0.39 is 0 Å². The lowest BCUT2D eigenvalue weighted by atomic mass is 10.1. The van der Waals surface area contributed by atoms with Crippen LogP contribution in [0.2, 0.25) is 5.02 Å². The Balaban J connectivity index is 1.95. The molecule has 0 saturated heterocycles. The molecule has 0 saturated carbocycles. The summed E-state index contributed by atoms with van der Waals surface area (Å²) in [5.41, 5.74) is 1.86. The minimum Gasteiger partial charge on any atom is -0.495 e. The Hall–Kier alpha value is -2.66. The molecule has 0 bridgehead atoms. The van der Waals surface area contributed by atoms with Crippen LogP contribution in [0.25, 0.3) is 11.0 Å². The third kappa shape index (κ3) is 3.42. The summed E-state index contributed by atoms with van der Waals surface area (Å²) in [6, 6.07) is 10.5. The van der Waals surface area contributed by atoms with Gasteiger partial charge in [-0.3, -0.25) is 4.79 Å². The number of carbonyl (C=O) groups excluding carboxylic acids is 1. The topological polar surface area (TPSA) is 60.7 Å². The van der Waals surface area contributed by atoms with Crippen molar-refractivity contribution in [1.82, 2.24) is 0 Å². The summed E-state index contributed by atoms with van der Waals surface area (Å²) in [5, 5.41) is 4.13. The second-order valence-electron chi connectivity index (χ2n) is 5.45. The molecule has 0 aliphatic heterocycles. The van der Waals surface area contributed by atoms with Crippen LogP contribution in [0.4, 0.5) is 5.69 Å². The molecular formula is C19H18ClNO4. The summed E-state index contributed by atoms with van der Waals surface area (Å²) in [6.07, 6.45) is 0. The third-order valence-electron chi connectivity index (χ3n) is 3.83. The van der Waals surface area contributed by atoms with E-state index in [1.807, 2.05) is 26.0 Å². The van der Waals surface area contributed by atoms with Gasteiger partial charge in [-0.2, -0.15) is 0 Å². The maximum absolute atomic E-state index is 12.7. The second-order valence-corrected chi connectivity index (χ2v) is 5.88. The van der Waals surface area contributed by atoms with Gasteiger partial charge in [0.25, 0.3) is 5.91 Å². The van der Waals surface area contributed by atoms with E-state index in [1.54, 1.807) is 24.3 Å². The predicted octanol–water partition coefficient (Wildman–Crippen LogP) is 5.05. The average molecular weight is 360 g/mol. The molecule has 1 heterocycles. The van der Waals surface area contributed by atoms with Crippen LogP contribution in [0.15, 0.2) is 40.8 Å². The van der Waals surface area contributed by atoms with Gasteiger partial charge in [-0.25, -0.2) is 0 Å². The SMILES string of the molecule is CCOc1ccc2oc(C(=O)Nc3cc(Cl)ccc3OC)c(C)c2c1. The highest BCUT2D eigenvalue weighted by Crippen LogP contribution is 2.31. The van der Waals surface area contributed by atoms with Crippen LogP contribution in [0.1, 0.15) is 23.0 Å². The first kappa shape index (κ1) is 17.2. The van der Waals surface area contributed by atoms with Gasteiger partial charge in [0, 0.05) is 16.0 Å². The molecule has 3 rings (SSSR count). The van der Waals surface area contributed by atoms with Crippen molar-refractivity contribution in [2.75, 3.05) is 19.0 Å². The zero-order chi connectivity index (χ0) is 18.0.